The molecule has 0 bridgehead atoms. The molecule has 0 aliphatic heterocycles. The van der Waals surface area contributed by atoms with Crippen molar-refractivity contribution in [3.05, 3.63) is 59.4 Å². The van der Waals surface area contributed by atoms with E-state index in [4.69, 9.17) is 0 Å². The van der Waals surface area contributed by atoms with Crippen LogP contribution in [0, 0.1) is 5.82 Å². The highest BCUT2D eigenvalue weighted by molar-refractivity contribution is 6.06. The molecule has 0 radical (unpaired) electrons. The summed E-state index contributed by atoms with van der Waals surface area (Å²) >= 11 is 0. The number of benzene rings is 2. The lowest BCUT2D eigenvalue weighted by Gasteiger charge is -2.14. The molecule has 0 atom stereocenters. The number of alkyl halides is 3. The van der Waals surface area contributed by atoms with Gasteiger partial charge in [-0.25, -0.2) is 4.39 Å². The summed E-state index contributed by atoms with van der Waals surface area (Å²) in [6.07, 6.45) is -4.80. The van der Waals surface area contributed by atoms with Crippen molar-refractivity contribution in [3.63, 3.8) is 0 Å². The van der Waals surface area contributed by atoms with Crippen LogP contribution in [-0.2, 0) is 11.0 Å². The summed E-state index contributed by atoms with van der Waals surface area (Å²) < 4.78 is 55.9. The molecular weight excluding hydrogens is 318 g/mol. The number of rotatable bonds is 4. The van der Waals surface area contributed by atoms with Crippen molar-refractivity contribution in [1.82, 2.24) is 0 Å². The fourth-order valence-corrected chi connectivity index (χ4v) is 1.85. The lowest BCUT2D eigenvalue weighted by Crippen LogP contribution is -2.17. The maximum atomic E-state index is 12.9. The maximum absolute atomic E-state index is 12.9. The molecule has 2 aromatic rings. The van der Waals surface area contributed by atoms with E-state index in [0.29, 0.717) is 6.07 Å². The monoisotopic (exact) mass is 327 g/mol. The predicted molar refractivity (Wildman–Crippen MR) is 72.5 cm³/mol. The Labute approximate surface area is 127 Å². The molecule has 4 nitrogen and oxygen atoms in total. The van der Waals surface area contributed by atoms with E-state index in [1.165, 1.54) is 12.1 Å². The highest BCUT2D eigenvalue weighted by Gasteiger charge is 2.36. The average Bonchev–Trinajstić information content (AvgIpc) is 2.49. The number of carbonyl (C=O) groups excluding carboxylic acids is 2. The van der Waals surface area contributed by atoms with E-state index in [2.05, 4.69) is 10.1 Å². The van der Waals surface area contributed by atoms with Crippen LogP contribution in [0.1, 0.15) is 15.9 Å². The number of halogens is 4. The number of hydrogen-bond donors (Lipinski definition) is 1. The zero-order valence-electron chi connectivity index (χ0n) is 11.4. The first kappa shape index (κ1) is 16.5. The van der Waals surface area contributed by atoms with Crippen molar-refractivity contribution >= 4 is 18.1 Å². The molecule has 2 rings (SSSR count). The third-order valence-corrected chi connectivity index (χ3v) is 2.83. The van der Waals surface area contributed by atoms with Gasteiger partial charge in [0.1, 0.15) is 5.82 Å². The molecule has 23 heavy (non-hydrogen) atoms. The Morgan fingerprint density at radius 1 is 1.09 bits per heavy atom. The Hall–Kier alpha value is -2.90. The number of para-hydroxylation sites is 1. The van der Waals surface area contributed by atoms with E-state index in [1.807, 2.05) is 0 Å². The number of hydrogen-bond acceptors (Lipinski definition) is 3. The molecule has 120 valence electrons. The molecule has 0 aromatic heterocycles. The summed E-state index contributed by atoms with van der Waals surface area (Å²) in [6, 6.07) is 7.40. The van der Waals surface area contributed by atoms with Crippen molar-refractivity contribution < 1.29 is 31.9 Å². The van der Waals surface area contributed by atoms with E-state index in [-0.39, 0.29) is 12.2 Å². The first-order chi connectivity index (χ1) is 10.8. The van der Waals surface area contributed by atoms with Crippen LogP contribution in [0.3, 0.4) is 0 Å². The third-order valence-electron chi connectivity index (χ3n) is 2.83. The zero-order chi connectivity index (χ0) is 17.0. The molecule has 0 spiro atoms. The van der Waals surface area contributed by atoms with Gasteiger partial charge in [0.05, 0.1) is 11.1 Å². The first-order valence-corrected chi connectivity index (χ1v) is 6.20. The number of ether oxygens (including phenoxy) is 1. The van der Waals surface area contributed by atoms with Gasteiger partial charge in [-0.3, -0.25) is 9.59 Å². The normalized spacial score (nSPS) is 11.0. The van der Waals surface area contributed by atoms with Crippen LogP contribution in [0.4, 0.5) is 23.2 Å². The van der Waals surface area contributed by atoms with Gasteiger partial charge in [-0.15, -0.1) is 0 Å². The van der Waals surface area contributed by atoms with Crippen LogP contribution in [0.25, 0.3) is 0 Å². The zero-order valence-corrected chi connectivity index (χ0v) is 11.4. The van der Waals surface area contributed by atoms with Crippen molar-refractivity contribution in [2.24, 2.45) is 0 Å². The smallest absolute Gasteiger partial charge is 0.420 e. The molecule has 0 unspecified atom stereocenters. The molecule has 0 aliphatic rings. The van der Waals surface area contributed by atoms with E-state index in [9.17, 15) is 27.2 Å². The van der Waals surface area contributed by atoms with Gasteiger partial charge in [0.25, 0.3) is 12.4 Å². The molecule has 1 amide bonds. The van der Waals surface area contributed by atoms with Gasteiger partial charge in [-0.05, 0) is 36.4 Å². The second kappa shape index (κ2) is 6.47. The maximum Gasteiger partial charge on any atom is 0.420 e. The Balaban J connectivity index is 2.39. The van der Waals surface area contributed by atoms with Crippen molar-refractivity contribution in [1.29, 1.82) is 0 Å². The van der Waals surface area contributed by atoms with Crippen LogP contribution >= 0.6 is 0 Å². The third kappa shape index (κ3) is 3.85. The minimum Gasteiger partial charge on any atom is -0.427 e. The van der Waals surface area contributed by atoms with Crippen LogP contribution in [0.15, 0.2) is 42.5 Å². The molecular formula is C15H9F4NO3. The minimum atomic E-state index is -4.80. The van der Waals surface area contributed by atoms with Crippen LogP contribution in [0.5, 0.6) is 5.75 Å². The summed E-state index contributed by atoms with van der Waals surface area (Å²) in [5.41, 5.74) is -1.56. The van der Waals surface area contributed by atoms with E-state index < -0.39 is 34.8 Å². The topological polar surface area (TPSA) is 55.4 Å². The van der Waals surface area contributed by atoms with Gasteiger partial charge in [0.15, 0.2) is 5.75 Å². The van der Waals surface area contributed by atoms with E-state index >= 15 is 0 Å². The summed E-state index contributed by atoms with van der Waals surface area (Å²) in [5.74, 6) is -2.36. The fourth-order valence-electron chi connectivity index (χ4n) is 1.85. The molecule has 0 aliphatic carbocycles. The molecule has 0 fully saturated rings. The summed E-state index contributed by atoms with van der Waals surface area (Å²) in [6.45, 7) is -0.195. The van der Waals surface area contributed by atoms with Crippen LogP contribution in [0.2, 0.25) is 0 Å². The average molecular weight is 327 g/mol. The number of anilines is 1. The molecule has 0 saturated heterocycles. The highest BCUT2D eigenvalue weighted by atomic mass is 19.4. The van der Waals surface area contributed by atoms with Crippen molar-refractivity contribution in [2.75, 3.05) is 5.32 Å². The van der Waals surface area contributed by atoms with Gasteiger partial charge in [-0.2, -0.15) is 13.2 Å². The predicted octanol–water partition coefficient (Wildman–Crippen LogP) is 3.63. The lowest BCUT2D eigenvalue weighted by atomic mass is 10.1. The quantitative estimate of drug-likeness (QED) is 0.689. The van der Waals surface area contributed by atoms with Crippen molar-refractivity contribution in [3.8, 4) is 5.75 Å². The molecule has 2 aromatic carbocycles. The van der Waals surface area contributed by atoms with Crippen molar-refractivity contribution in [2.45, 2.75) is 6.18 Å². The standard InChI is InChI=1S/C15H9F4NO3/c16-9-4-6-10(7-5-9)20-14(22)11-2-1-3-12(15(17,18)19)13(11)23-8-21/h1-8H,(H,20,22). The Morgan fingerprint density at radius 2 is 1.74 bits per heavy atom. The van der Waals surface area contributed by atoms with Gasteiger partial charge < -0.3 is 10.1 Å². The van der Waals surface area contributed by atoms with Gasteiger partial charge >= 0.3 is 6.18 Å². The second-order valence-electron chi connectivity index (χ2n) is 4.36. The molecule has 0 heterocycles. The fraction of sp³-hybridized carbons (Fsp3) is 0.0667. The van der Waals surface area contributed by atoms with Crippen LogP contribution < -0.4 is 10.1 Å². The highest BCUT2D eigenvalue weighted by Crippen LogP contribution is 2.38. The van der Waals surface area contributed by atoms with Gasteiger partial charge in [0, 0.05) is 5.69 Å². The summed E-state index contributed by atoms with van der Waals surface area (Å²) in [7, 11) is 0. The second-order valence-corrected chi connectivity index (χ2v) is 4.36. The number of amides is 1. The van der Waals surface area contributed by atoms with Crippen LogP contribution in [-0.4, -0.2) is 12.4 Å². The number of nitrogens with one attached hydrogen (secondary N) is 1. The Kier molecular flexibility index (Phi) is 4.63. The Morgan fingerprint density at radius 3 is 2.30 bits per heavy atom. The Bertz CT molecular complexity index is 726. The van der Waals surface area contributed by atoms with E-state index in [0.717, 1.165) is 24.3 Å². The molecule has 1 N–H and O–H groups in total. The lowest BCUT2D eigenvalue weighted by molar-refractivity contribution is -0.139. The molecule has 8 heteroatoms. The number of carbonyl (C=O) groups is 2. The van der Waals surface area contributed by atoms with E-state index in [1.54, 1.807) is 0 Å². The van der Waals surface area contributed by atoms with Gasteiger partial charge in [-0.1, -0.05) is 6.07 Å². The SMILES string of the molecule is O=COc1c(C(=O)Nc2ccc(F)cc2)cccc1C(F)(F)F. The summed E-state index contributed by atoms with van der Waals surface area (Å²) in [5, 5.41) is 2.29. The summed E-state index contributed by atoms with van der Waals surface area (Å²) in [4.78, 5) is 22.6. The minimum absolute atomic E-state index is 0.172. The first-order valence-electron chi connectivity index (χ1n) is 6.20. The van der Waals surface area contributed by atoms with Gasteiger partial charge in [0.2, 0.25) is 0 Å². The molecule has 0 saturated carbocycles. The largest absolute Gasteiger partial charge is 0.427 e.